The van der Waals surface area contributed by atoms with Crippen molar-refractivity contribution in [2.24, 2.45) is 0 Å². The average molecular weight is 854 g/mol. The molecule has 13 rings (SSSR count). The van der Waals surface area contributed by atoms with E-state index in [2.05, 4.69) is 182 Å². The van der Waals surface area contributed by atoms with E-state index in [1.807, 2.05) is 12.1 Å². The number of thiophene rings is 1. The van der Waals surface area contributed by atoms with Gasteiger partial charge >= 0.3 is 0 Å². The third kappa shape index (κ3) is 5.93. The Morgan fingerprint density at radius 1 is 0.446 bits per heavy atom. The smallest absolute Gasteiger partial charge is 0.165 e. The highest BCUT2D eigenvalue weighted by molar-refractivity contribution is 7.26. The number of hydrogen-bond donors (Lipinski definition) is 0. The second-order valence-corrected chi connectivity index (χ2v) is 18.3. The average Bonchev–Trinajstić information content (AvgIpc) is 4.02. The molecular formula is C60H40N4S. The number of aromatic nitrogens is 4. The quantitative estimate of drug-likeness (QED) is 0.167. The Hall–Kier alpha value is -7.99. The van der Waals surface area contributed by atoms with E-state index in [4.69, 9.17) is 21.8 Å². The van der Waals surface area contributed by atoms with Crippen LogP contribution in [0.1, 0.15) is 31.8 Å². The van der Waals surface area contributed by atoms with Gasteiger partial charge in [0.15, 0.2) is 17.5 Å². The van der Waals surface area contributed by atoms with Crippen molar-refractivity contribution in [2.75, 3.05) is 0 Å². The molecule has 0 N–H and O–H groups in total. The molecule has 1 aliphatic rings. The second kappa shape index (κ2) is 14.5. The van der Waals surface area contributed by atoms with Gasteiger partial charge in [-0.2, -0.15) is 0 Å². The molecule has 0 radical (unpaired) electrons. The summed E-state index contributed by atoms with van der Waals surface area (Å²) in [6.07, 6.45) is 0. The van der Waals surface area contributed by atoms with Crippen molar-refractivity contribution >= 4 is 53.3 Å². The monoisotopic (exact) mass is 853 g/mol. The summed E-state index contributed by atoms with van der Waals surface area (Å²) in [5, 5.41) is 4.36. The number of nitrogens with zero attached hydrogens (tertiary/aromatic N) is 4. The lowest BCUT2D eigenvalue weighted by Crippen LogP contribution is -2.14. The van der Waals surface area contributed by atoms with Gasteiger partial charge in [0.25, 0.3) is 0 Å². The van der Waals surface area contributed by atoms with Crippen molar-refractivity contribution in [1.29, 1.82) is 0 Å². The molecule has 12 aromatic rings. The lowest BCUT2D eigenvalue weighted by Gasteiger charge is -2.21. The first-order chi connectivity index (χ1) is 34.0. The van der Waals surface area contributed by atoms with Gasteiger partial charge in [-0.15, -0.1) is 11.3 Å². The summed E-state index contributed by atoms with van der Waals surface area (Å²) in [7, 11) is 0. The molecule has 0 atom stereocenters. The summed E-state index contributed by atoms with van der Waals surface area (Å²) in [4.78, 5) is 15.5. The van der Waals surface area contributed by atoms with Crippen LogP contribution < -0.4 is 0 Å². The standard InChI is InChI=1S/C60H40N4S/c1-60(2)50-27-12-9-23-44(50)47-34-41(31-32-51(47)60)58-61-57(38-19-7-4-8-20-38)62-59(63-58)49-36-42(64-52-28-13-10-24-45(52)46-25-11-14-29-53(46)64)35-48-55-43(26-16-30-54(55)65-56(48)49)40-22-15-21-39(33-40)37-17-5-3-6-18-37/h3-36H,1-2H3/i4D,7D,8D,19D,20D. The van der Waals surface area contributed by atoms with Gasteiger partial charge in [0, 0.05) is 58.7 Å². The van der Waals surface area contributed by atoms with E-state index >= 15 is 0 Å². The number of rotatable bonds is 6. The Morgan fingerprint density at radius 3 is 1.88 bits per heavy atom. The lowest BCUT2D eigenvalue weighted by atomic mass is 9.82. The highest BCUT2D eigenvalue weighted by atomic mass is 32.1. The molecule has 0 amide bonds. The maximum absolute atomic E-state index is 9.14. The summed E-state index contributed by atoms with van der Waals surface area (Å²) in [5.41, 5.74) is 13.2. The fourth-order valence-corrected chi connectivity index (χ4v) is 11.3. The van der Waals surface area contributed by atoms with Crippen molar-refractivity contribution in [1.82, 2.24) is 19.5 Å². The van der Waals surface area contributed by atoms with Crippen LogP contribution in [0.15, 0.2) is 206 Å². The minimum Gasteiger partial charge on any atom is -0.309 e. The van der Waals surface area contributed by atoms with Gasteiger partial charge in [0.05, 0.1) is 17.9 Å². The summed E-state index contributed by atoms with van der Waals surface area (Å²) >= 11 is 1.66. The van der Waals surface area contributed by atoms with Crippen LogP contribution in [-0.2, 0) is 5.41 Å². The van der Waals surface area contributed by atoms with E-state index in [1.165, 1.54) is 11.1 Å². The number of hydrogen-bond acceptors (Lipinski definition) is 4. The molecule has 0 saturated carbocycles. The zero-order valence-corrected chi connectivity index (χ0v) is 36.3. The maximum atomic E-state index is 9.14. The third-order valence-electron chi connectivity index (χ3n) is 13.1. The minimum absolute atomic E-state index is 0.00632. The molecule has 306 valence electrons. The lowest BCUT2D eigenvalue weighted by molar-refractivity contribution is 0.660. The fraction of sp³-hybridized carbons (Fsp3) is 0.0500. The molecule has 3 aromatic heterocycles. The van der Waals surface area contributed by atoms with Crippen LogP contribution in [0.5, 0.6) is 0 Å². The van der Waals surface area contributed by atoms with Crippen LogP contribution in [0.2, 0.25) is 0 Å². The summed E-state index contributed by atoms with van der Waals surface area (Å²) in [6, 6.07) is 59.5. The van der Waals surface area contributed by atoms with Crippen molar-refractivity contribution in [3.8, 4) is 73.2 Å². The van der Waals surface area contributed by atoms with Crippen LogP contribution in [0.3, 0.4) is 0 Å². The van der Waals surface area contributed by atoms with E-state index in [0.29, 0.717) is 11.6 Å². The molecule has 0 spiro atoms. The highest BCUT2D eigenvalue weighted by Gasteiger charge is 2.35. The first kappa shape index (κ1) is 32.7. The second-order valence-electron chi connectivity index (χ2n) is 17.2. The van der Waals surface area contributed by atoms with Gasteiger partial charge in [-0.25, -0.2) is 15.0 Å². The predicted molar refractivity (Wildman–Crippen MR) is 272 cm³/mol. The van der Waals surface area contributed by atoms with Crippen LogP contribution in [0.4, 0.5) is 0 Å². The number of benzene rings is 9. The summed E-state index contributed by atoms with van der Waals surface area (Å²) in [6.45, 7) is 4.47. The molecular weight excluding hydrogens is 809 g/mol. The van der Waals surface area contributed by atoms with E-state index in [0.717, 1.165) is 92.2 Å². The van der Waals surface area contributed by atoms with E-state index < -0.39 is 18.1 Å². The fourth-order valence-electron chi connectivity index (χ4n) is 10.1. The molecule has 0 unspecified atom stereocenters. The van der Waals surface area contributed by atoms with Gasteiger partial charge in [-0.05, 0) is 87.0 Å². The molecule has 0 aliphatic heterocycles. The van der Waals surface area contributed by atoms with Gasteiger partial charge in [0.2, 0.25) is 0 Å². The zero-order chi connectivity index (χ0) is 47.6. The Morgan fingerprint density at radius 2 is 1.08 bits per heavy atom. The minimum atomic E-state index is -0.482. The van der Waals surface area contributed by atoms with Gasteiger partial charge in [0.1, 0.15) is 0 Å². The van der Waals surface area contributed by atoms with Crippen molar-refractivity contribution in [3.05, 3.63) is 217 Å². The van der Waals surface area contributed by atoms with Crippen LogP contribution in [0, 0.1) is 0 Å². The van der Waals surface area contributed by atoms with Gasteiger partial charge in [-0.1, -0.05) is 178 Å². The zero-order valence-electron chi connectivity index (χ0n) is 40.4. The Kier molecular flexibility index (Phi) is 7.30. The largest absolute Gasteiger partial charge is 0.309 e. The molecule has 0 bridgehead atoms. The normalized spacial score (nSPS) is 14.0. The summed E-state index contributed by atoms with van der Waals surface area (Å²) < 4.78 is 48.4. The van der Waals surface area contributed by atoms with Gasteiger partial charge < -0.3 is 4.57 Å². The molecule has 65 heavy (non-hydrogen) atoms. The molecule has 9 aromatic carbocycles. The number of para-hydroxylation sites is 2. The Balaban J connectivity index is 1.13. The first-order valence-corrected chi connectivity index (χ1v) is 22.6. The summed E-state index contributed by atoms with van der Waals surface area (Å²) in [5.74, 6) is 0.639. The molecule has 3 heterocycles. The number of fused-ring (bicyclic) bond motifs is 9. The van der Waals surface area contributed by atoms with Crippen LogP contribution >= 0.6 is 11.3 Å². The molecule has 4 nitrogen and oxygen atoms in total. The van der Waals surface area contributed by atoms with E-state index in [9.17, 15) is 0 Å². The Bertz CT molecular complexity index is 4090. The molecule has 5 heteroatoms. The van der Waals surface area contributed by atoms with E-state index in [-0.39, 0.29) is 28.9 Å². The molecule has 0 fully saturated rings. The topological polar surface area (TPSA) is 43.6 Å². The van der Waals surface area contributed by atoms with Crippen molar-refractivity contribution in [2.45, 2.75) is 19.3 Å². The maximum Gasteiger partial charge on any atom is 0.165 e. The van der Waals surface area contributed by atoms with Gasteiger partial charge in [-0.3, -0.25) is 0 Å². The third-order valence-corrected chi connectivity index (χ3v) is 14.3. The molecule has 1 aliphatic carbocycles. The Labute approximate surface area is 387 Å². The molecule has 0 saturated heterocycles. The SMILES string of the molecule is [2H]c1c([2H])c([2H])c(-c2nc(-c3ccc4c(c3)-c3ccccc3C4(C)C)nc(-c3cc(-n4c5ccccc5c5ccccc54)cc4c3sc3cccc(-c5cccc(-c6ccccc6)c5)c34)n2)c([2H])c1[2H]. The van der Waals surface area contributed by atoms with E-state index in [1.54, 1.807) is 11.3 Å². The predicted octanol–water partition coefficient (Wildman–Crippen LogP) is 16.0. The van der Waals surface area contributed by atoms with Crippen LogP contribution in [0.25, 0.3) is 115 Å². The first-order valence-electron chi connectivity index (χ1n) is 24.3. The highest BCUT2D eigenvalue weighted by Crippen LogP contribution is 2.50. The van der Waals surface area contributed by atoms with Crippen LogP contribution in [-0.4, -0.2) is 19.5 Å². The van der Waals surface area contributed by atoms with Crippen molar-refractivity contribution < 1.29 is 6.85 Å². The van der Waals surface area contributed by atoms with Crippen molar-refractivity contribution in [3.63, 3.8) is 0 Å².